The van der Waals surface area contributed by atoms with E-state index < -0.39 is 0 Å². The molecular weight excluding hydrogens is 258 g/mol. The summed E-state index contributed by atoms with van der Waals surface area (Å²) in [7, 11) is 0. The third kappa shape index (κ3) is 5.00. The molecule has 2 aromatic carbocycles. The van der Waals surface area contributed by atoms with Crippen molar-refractivity contribution in [2.24, 2.45) is 0 Å². The molecule has 0 amide bonds. The summed E-state index contributed by atoms with van der Waals surface area (Å²) in [5.74, 6) is 0. The summed E-state index contributed by atoms with van der Waals surface area (Å²) in [4.78, 5) is 0. The van der Waals surface area contributed by atoms with Gasteiger partial charge in [-0.25, -0.2) is 0 Å². The third-order valence-electron chi connectivity index (χ3n) is 3.48. The molecule has 0 atom stereocenters. The average molecular weight is 283 g/mol. The van der Waals surface area contributed by atoms with Crippen molar-refractivity contribution in [3.05, 3.63) is 60.2 Å². The van der Waals surface area contributed by atoms with Gasteiger partial charge in [-0.2, -0.15) is 0 Å². The molecule has 0 bridgehead atoms. The van der Waals surface area contributed by atoms with E-state index in [-0.39, 0.29) is 5.60 Å². The molecule has 2 heteroatoms. The quantitative estimate of drug-likeness (QED) is 0.820. The van der Waals surface area contributed by atoms with E-state index in [1.54, 1.807) is 0 Å². The minimum atomic E-state index is -0.112. The van der Waals surface area contributed by atoms with Crippen molar-refractivity contribution in [3.8, 4) is 11.1 Å². The molecule has 0 saturated carbocycles. The van der Waals surface area contributed by atoms with Gasteiger partial charge in [0, 0.05) is 19.7 Å². The third-order valence-corrected chi connectivity index (χ3v) is 3.48. The van der Waals surface area contributed by atoms with E-state index in [1.807, 2.05) is 13.0 Å². The lowest BCUT2D eigenvalue weighted by Gasteiger charge is -2.25. The zero-order chi connectivity index (χ0) is 15.1. The van der Waals surface area contributed by atoms with Crippen LogP contribution in [0.25, 0.3) is 11.1 Å². The van der Waals surface area contributed by atoms with Gasteiger partial charge in [-0.1, -0.05) is 54.6 Å². The van der Waals surface area contributed by atoms with Gasteiger partial charge in [0.25, 0.3) is 0 Å². The van der Waals surface area contributed by atoms with Gasteiger partial charge in [-0.3, -0.25) is 0 Å². The summed E-state index contributed by atoms with van der Waals surface area (Å²) in [5, 5.41) is 3.46. The van der Waals surface area contributed by atoms with Crippen molar-refractivity contribution >= 4 is 0 Å². The zero-order valence-corrected chi connectivity index (χ0v) is 13.2. The summed E-state index contributed by atoms with van der Waals surface area (Å²) in [6.07, 6.45) is 0. The largest absolute Gasteiger partial charge is 0.375 e. The Labute approximate surface area is 128 Å². The lowest BCUT2D eigenvalue weighted by atomic mass is 10.0. The predicted octanol–water partition coefficient (Wildman–Crippen LogP) is 4.26. The number of hydrogen-bond acceptors (Lipinski definition) is 2. The second-order valence-electron chi connectivity index (χ2n) is 5.86. The maximum absolute atomic E-state index is 5.68. The molecule has 2 aromatic rings. The molecule has 0 saturated heterocycles. The molecule has 112 valence electrons. The van der Waals surface area contributed by atoms with Crippen LogP contribution in [0.15, 0.2) is 54.6 Å². The van der Waals surface area contributed by atoms with Crippen LogP contribution in [0.5, 0.6) is 0 Å². The first kappa shape index (κ1) is 15.7. The highest BCUT2D eigenvalue weighted by Crippen LogP contribution is 2.19. The van der Waals surface area contributed by atoms with Crippen LogP contribution >= 0.6 is 0 Å². The fourth-order valence-electron chi connectivity index (χ4n) is 2.40. The smallest absolute Gasteiger partial charge is 0.0750 e. The van der Waals surface area contributed by atoms with E-state index in [2.05, 4.69) is 67.7 Å². The Morgan fingerprint density at radius 1 is 0.905 bits per heavy atom. The van der Waals surface area contributed by atoms with Gasteiger partial charge in [0.1, 0.15) is 0 Å². The Morgan fingerprint density at radius 3 is 2.14 bits per heavy atom. The van der Waals surface area contributed by atoms with Crippen LogP contribution in [0.2, 0.25) is 0 Å². The van der Waals surface area contributed by atoms with E-state index in [0.717, 1.165) is 19.7 Å². The van der Waals surface area contributed by atoms with E-state index >= 15 is 0 Å². The molecule has 0 spiro atoms. The van der Waals surface area contributed by atoms with Gasteiger partial charge in [0.2, 0.25) is 0 Å². The number of hydrogen-bond donors (Lipinski definition) is 1. The minimum absolute atomic E-state index is 0.112. The highest BCUT2D eigenvalue weighted by atomic mass is 16.5. The molecule has 2 nitrogen and oxygen atoms in total. The van der Waals surface area contributed by atoms with Crippen LogP contribution < -0.4 is 5.32 Å². The van der Waals surface area contributed by atoms with Gasteiger partial charge in [-0.15, -0.1) is 0 Å². The summed E-state index contributed by atoms with van der Waals surface area (Å²) >= 11 is 0. The van der Waals surface area contributed by atoms with Crippen LogP contribution in [-0.4, -0.2) is 18.8 Å². The summed E-state index contributed by atoms with van der Waals surface area (Å²) in [6, 6.07) is 19.2. The molecule has 1 N–H and O–H groups in total. The lowest BCUT2D eigenvalue weighted by molar-refractivity contribution is -0.00897. The first-order valence-electron chi connectivity index (χ1n) is 7.60. The van der Waals surface area contributed by atoms with E-state index in [4.69, 9.17) is 4.74 Å². The predicted molar refractivity (Wildman–Crippen MR) is 89.3 cm³/mol. The van der Waals surface area contributed by atoms with Crippen molar-refractivity contribution in [2.45, 2.75) is 32.9 Å². The topological polar surface area (TPSA) is 21.3 Å². The standard InChI is InChI=1S/C19H25NO/c1-4-21-19(2,3)15-20-14-16-10-12-18(13-11-16)17-8-6-5-7-9-17/h5-13,20H,4,14-15H2,1-3H3. The number of benzene rings is 2. The zero-order valence-electron chi connectivity index (χ0n) is 13.2. The van der Waals surface area contributed by atoms with Gasteiger partial charge in [-0.05, 0) is 37.5 Å². The Balaban J connectivity index is 1.89. The van der Waals surface area contributed by atoms with Crippen molar-refractivity contribution in [1.82, 2.24) is 5.32 Å². The highest BCUT2D eigenvalue weighted by molar-refractivity contribution is 5.63. The van der Waals surface area contributed by atoms with E-state index in [1.165, 1.54) is 16.7 Å². The first-order chi connectivity index (χ1) is 10.1. The first-order valence-corrected chi connectivity index (χ1v) is 7.60. The van der Waals surface area contributed by atoms with Crippen LogP contribution in [0, 0.1) is 0 Å². The minimum Gasteiger partial charge on any atom is -0.375 e. The normalized spacial score (nSPS) is 11.6. The molecule has 0 unspecified atom stereocenters. The average Bonchev–Trinajstić information content (AvgIpc) is 2.48. The van der Waals surface area contributed by atoms with Crippen molar-refractivity contribution < 1.29 is 4.74 Å². The number of nitrogens with one attached hydrogen (secondary N) is 1. The molecule has 0 radical (unpaired) electrons. The summed E-state index contributed by atoms with van der Waals surface area (Å²) in [6.45, 7) is 8.72. The number of ether oxygens (including phenoxy) is 1. The van der Waals surface area contributed by atoms with Crippen molar-refractivity contribution in [2.75, 3.05) is 13.2 Å². The Morgan fingerprint density at radius 2 is 1.52 bits per heavy atom. The van der Waals surface area contributed by atoms with Crippen molar-refractivity contribution in [3.63, 3.8) is 0 Å². The van der Waals surface area contributed by atoms with Crippen LogP contribution in [0.4, 0.5) is 0 Å². The van der Waals surface area contributed by atoms with Crippen molar-refractivity contribution in [1.29, 1.82) is 0 Å². The molecular formula is C19H25NO. The van der Waals surface area contributed by atoms with E-state index in [9.17, 15) is 0 Å². The Kier molecular flexibility index (Phi) is 5.54. The van der Waals surface area contributed by atoms with Gasteiger partial charge in [0.15, 0.2) is 0 Å². The summed E-state index contributed by atoms with van der Waals surface area (Å²) in [5.41, 5.74) is 3.70. The number of rotatable bonds is 7. The lowest BCUT2D eigenvalue weighted by Crippen LogP contribution is -2.37. The summed E-state index contributed by atoms with van der Waals surface area (Å²) < 4.78 is 5.68. The van der Waals surface area contributed by atoms with Gasteiger partial charge in [0.05, 0.1) is 5.60 Å². The SMILES string of the molecule is CCOC(C)(C)CNCc1ccc(-c2ccccc2)cc1. The fraction of sp³-hybridized carbons (Fsp3) is 0.368. The highest BCUT2D eigenvalue weighted by Gasteiger charge is 2.16. The molecule has 21 heavy (non-hydrogen) atoms. The molecule has 0 aliphatic rings. The second-order valence-corrected chi connectivity index (χ2v) is 5.86. The monoisotopic (exact) mass is 283 g/mol. The molecule has 0 aromatic heterocycles. The maximum Gasteiger partial charge on any atom is 0.0750 e. The molecule has 0 aliphatic carbocycles. The van der Waals surface area contributed by atoms with Crippen LogP contribution in [-0.2, 0) is 11.3 Å². The molecule has 0 fully saturated rings. The molecule has 0 aliphatic heterocycles. The fourth-order valence-corrected chi connectivity index (χ4v) is 2.40. The van der Waals surface area contributed by atoms with Gasteiger partial charge >= 0.3 is 0 Å². The van der Waals surface area contributed by atoms with Crippen LogP contribution in [0.3, 0.4) is 0 Å². The molecule has 0 heterocycles. The molecule has 2 rings (SSSR count). The maximum atomic E-state index is 5.68. The second kappa shape index (κ2) is 7.39. The van der Waals surface area contributed by atoms with Gasteiger partial charge < -0.3 is 10.1 Å². The van der Waals surface area contributed by atoms with Crippen LogP contribution in [0.1, 0.15) is 26.3 Å². The Hall–Kier alpha value is -1.64. The Bertz CT molecular complexity index is 531. The van der Waals surface area contributed by atoms with E-state index in [0.29, 0.717) is 0 Å².